The summed E-state index contributed by atoms with van der Waals surface area (Å²) in [6.07, 6.45) is 2.07. The summed E-state index contributed by atoms with van der Waals surface area (Å²) in [5.41, 5.74) is 0. The van der Waals surface area contributed by atoms with Crippen molar-refractivity contribution in [2.24, 2.45) is 0 Å². The lowest BCUT2D eigenvalue weighted by molar-refractivity contribution is -0.137. The average Bonchev–Trinajstić information content (AvgIpc) is 2.23. The SMILES string of the molecule is O=C1CCC(NC(=O)CCCCO)C(=O)N1. The molecule has 0 bridgehead atoms. The molecule has 0 aliphatic carbocycles. The van der Waals surface area contributed by atoms with Crippen molar-refractivity contribution in [1.29, 1.82) is 0 Å². The number of hydrogen-bond acceptors (Lipinski definition) is 4. The van der Waals surface area contributed by atoms with Crippen LogP contribution in [-0.2, 0) is 14.4 Å². The Balaban J connectivity index is 2.28. The van der Waals surface area contributed by atoms with Crippen molar-refractivity contribution in [3.63, 3.8) is 0 Å². The number of piperidine rings is 1. The molecular formula is C10H16N2O4. The Morgan fingerprint density at radius 3 is 2.81 bits per heavy atom. The normalized spacial score (nSPS) is 20.4. The summed E-state index contributed by atoms with van der Waals surface area (Å²) in [5, 5.41) is 13.3. The third kappa shape index (κ3) is 3.98. The third-order valence-corrected chi connectivity index (χ3v) is 2.39. The van der Waals surface area contributed by atoms with E-state index < -0.39 is 11.9 Å². The fraction of sp³-hybridized carbons (Fsp3) is 0.700. The molecule has 1 fully saturated rings. The minimum absolute atomic E-state index is 0.0612. The molecular weight excluding hydrogens is 212 g/mol. The third-order valence-electron chi connectivity index (χ3n) is 2.39. The predicted octanol–water partition coefficient (Wildman–Crippen LogP) is -0.930. The molecule has 1 saturated heterocycles. The van der Waals surface area contributed by atoms with Crippen molar-refractivity contribution in [3.05, 3.63) is 0 Å². The lowest BCUT2D eigenvalue weighted by Crippen LogP contribution is -2.52. The molecule has 1 rings (SSSR count). The van der Waals surface area contributed by atoms with Gasteiger partial charge in [-0.1, -0.05) is 0 Å². The number of aliphatic hydroxyl groups excluding tert-OH is 1. The Hall–Kier alpha value is -1.43. The summed E-state index contributed by atoms with van der Waals surface area (Å²) in [7, 11) is 0. The highest BCUT2D eigenvalue weighted by molar-refractivity contribution is 6.01. The molecule has 1 atom stereocenters. The van der Waals surface area contributed by atoms with Crippen LogP contribution in [0.1, 0.15) is 32.1 Å². The Kier molecular flexibility index (Phi) is 4.91. The van der Waals surface area contributed by atoms with E-state index in [0.717, 1.165) is 0 Å². The second-order valence-electron chi connectivity index (χ2n) is 3.75. The summed E-state index contributed by atoms with van der Waals surface area (Å²) in [6, 6.07) is -0.598. The first-order valence-electron chi connectivity index (χ1n) is 5.37. The first kappa shape index (κ1) is 12.6. The van der Waals surface area contributed by atoms with E-state index in [9.17, 15) is 14.4 Å². The van der Waals surface area contributed by atoms with Gasteiger partial charge in [-0.3, -0.25) is 19.7 Å². The summed E-state index contributed by atoms with van der Waals surface area (Å²) in [5.74, 6) is -0.953. The lowest BCUT2D eigenvalue weighted by atomic mass is 10.1. The van der Waals surface area contributed by atoms with Crippen molar-refractivity contribution < 1.29 is 19.5 Å². The molecule has 6 heteroatoms. The Labute approximate surface area is 93.4 Å². The van der Waals surface area contributed by atoms with Crippen molar-refractivity contribution in [3.8, 4) is 0 Å². The van der Waals surface area contributed by atoms with Gasteiger partial charge in [0.25, 0.3) is 0 Å². The number of unbranched alkanes of at least 4 members (excludes halogenated alkanes) is 1. The number of rotatable bonds is 5. The van der Waals surface area contributed by atoms with E-state index >= 15 is 0 Å². The van der Waals surface area contributed by atoms with Crippen LogP contribution in [-0.4, -0.2) is 35.5 Å². The number of carbonyl (C=O) groups is 3. The second kappa shape index (κ2) is 6.22. The number of amides is 3. The monoisotopic (exact) mass is 228 g/mol. The fourth-order valence-electron chi connectivity index (χ4n) is 1.50. The molecule has 1 aliphatic heterocycles. The quantitative estimate of drug-likeness (QED) is 0.418. The predicted molar refractivity (Wildman–Crippen MR) is 55.3 cm³/mol. The Morgan fingerprint density at radius 2 is 2.19 bits per heavy atom. The van der Waals surface area contributed by atoms with Crippen LogP contribution in [0.25, 0.3) is 0 Å². The second-order valence-corrected chi connectivity index (χ2v) is 3.75. The van der Waals surface area contributed by atoms with Crippen molar-refractivity contribution in [2.75, 3.05) is 6.61 Å². The van der Waals surface area contributed by atoms with E-state index in [2.05, 4.69) is 10.6 Å². The largest absolute Gasteiger partial charge is 0.396 e. The van der Waals surface area contributed by atoms with Gasteiger partial charge >= 0.3 is 0 Å². The minimum Gasteiger partial charge on any atom is -0.396 e. The van der Waals surface area contributed by atoms with Gasteiger partial charge in [-0.25, -0.2) is 0 Å². The van der Waals surface area contributed by atoms with Crippen LogP contribution in [0.15, 0.2) is 0 Å². The number of imide groups is 1. The van der Waals surface area contributed by atoms with Crippen LogP contribution in [0.5, 0.6) is 0 Å². The zero-order chi connectivity index (χ0) is 12.0. The molecule has 0 radical (unpaired) electrons. The maximum atomic E-state index is 11.4. The maximum absolute atomic E-state index is 11.4. The zero-order valence-electron chi connectivity index (χ0n) is 8.99. The van der Waals surface area contributed by atoms with Gasteiger partial charge in [0, 0.05) is 19.4 Å². The summed E-state index contributed by atoms with van der Waals surface area (Å²) in [6.45, 7) is 0.0612. The van der Waals surface area contributed by atoms with E-state index in [1.807, 2.05) is 0 Å². The molecule has 1 aliphatic rings. The molecule has 90 valence electrons. The molecule has 0 aromatic rings. The molecule has 1 heterocycles. The number of aliphatic hydroxyl groups is 1. The molecule has 16 heavy (non-hydrogen) atoms. The van der Waals surface area contributed by atoms with Gasteiger partial charge in [0.1, 0.15) is 6.04 Å². The maximum Gasteiger partial charge on any atom is 0.249 e. The van der Waals surface area contributed by atoms with Crippen LogP contribution in [0.3, 0.4) is 0 Å². The first-order chi connectivity index (χ1) is 7.63. The van der Waals surface area contributed by atoms with E-state index in [4.69, 9.17) is 5.11 Å². The fourth-order valence-corrected chi connectivity index (χ4v) is 1.50. The van der Waals surface area contributed by atoms with Gasteiger partial charge in [0.15, 0.2) is 0 Å². The van der Waals surface area contributed by atoms with E-state index in [1.165, 1.54) is 0 Å². The Morgan fingerprint density at radius 1 is 1.44 bits per heavy atom. The standard InChI is InChI=1S/C10H16N2O4/c13-6-2-1-3-8(14)11-7-4-5-9(15)12-10(7)16/h7,13H,1-6H2,(H,11,14)(H,12,15,16). The van der Waals surface area contributed by atoms with E-state index in [-0.39, 0.29) is 31.3 Å². The van der Waals surface area contributed by atoms with Crippen LogP contribution in [0, 0.1) is 0 Å². The van der Waals surface area contributed by atoms with E-state index in [1.54, 1.807) is 0 Å². The minimum atomic E-state index is -0.598. The lowest BCUT2D eigenvalue weighted by Gasteiger charge is -2.21. The van der Waals surface area contributed by atoms with Crippen LogP contribution >= 0.6 is 0 Å². The molecule has 0 aromatic carbocycles. The summed E-state index contributed by atoms with van der Waals surface area (Å²) in [4.78, 5) is 33.5. The van der Waals surface area contributed by atoms with Gasteiger partial charge in [-0.2, -0.15) is 0 Å². The molecule has 1 unspecified atom stereocenters. The molecule has 0 aromatic heterocycles. The zero-order valence-corrected chi connectivity index (χ0v) is 8.99. The van der Waals surface area contributed by atoms with Crippen molar-refractivity contribution in [1.82, 2.24) is 10.6 Å². The van der Waals surface area contributed by atoms with Gasteiger partial charge in [0.05, 0.1) is 0 Å². The van der Waals surface area contributed by atoms with Crippen LogP contribution in [0.4, 0.5) is 0 Å². The van der Waals surface area contributed by atoms with Gasteiger partial charge in [-0.05, 0) is 19.3 Å². The smallest absolute Gasteiger partial charge is 0.249 e. The molecule has 3 amide bonds. The highest BCUT2D eigenvalue weighted by Crippen LogP contribution is 2.05. The highest BCUT2D eigenvalue weighted by atomic mass is 16.3. The molecule has 6 nitrogen and oxygen atoms in total. The summed E-state index contributed by atoms with van der Waals surface area (Å²) < 4.78 is 0. The van der Waals surface area contributed by atoms with Gasteiger partial charge < -0.3 is 10.4 Å². The van der Waals surface area contributed by atoms with Crippen LogP contribution < -0.4 is 10.6 Å². The Bertz CT molecular complexity index is 291. The molecule has 0 spiro atoms. The summed E-state index contributed by atoms with van der Waals surface area (Å²) >= 11 is 0. The van der Waals surface area contributed by atoms with Crippen molar-refractivity contribution >= 4 is 17.7 Å². The number of nitrogens with one attached hydrogen (secondary N) is 2. The van der Waals surface area contributed by atoms with E-state index in [0.29, 0.717) is 19.3 Å². The average molecular weight is 228 g/mol. The number of hydrogen-bond donors (Lipinski definition) is 3. The first-order valence-corrected chi connectivity index (χ1v) is 5.37. The van der Waals surface area contributed by atoms with Gasteiger partial charge in [-0.15, -0.1) is 0 Å². The van der Waals surface area contributed by atoms with Gasteiger partial charge in [0.2, 0.25) is 17.7 Å². The highest BCUT2D eigenvalue weighted by Gasteiger charge is 2.27. The molecule has 0 saturated carbocycles. The van der Waals surface area contributed by atoms with Crippen LogP contribution in [0.2, 0.25) is 0 Å². The topological polar surface area (TPSA) is 95.5 Å². The number of carbonyl (C=O) groups excluding carboxylic acids is 3. The van der Waals surface area contributed by atoms with Crippen molar-refractivity contribution in [2.45, 2.75) is 38.1 Å². The molecule has 3 N–H and O–H groups in total.